The molecule has 35 heavy (non-hydrogen) atoms. The van der Waals surface area contributed by atoms with Crippen molar-refractivity contribution in [1.82, 2.24) is 10.2 Å². The highest BCUT2D eigenvalue weighted by Gasteiger charge is 2.36. The molecule has 1 N–H and O–H groups in total. The summed E-state index contributed by atoms with van der Waals surface area (Å²) in [4.78, 5) is 15.7. The molecule has 3 aromatic rings. The van der Waals surface area contributed by atoms with Crippen LogP contribution in [0.15, 0.2) is 77.7 Å². The van der Waals surface area contributed by atoms with E-state index in [4.69, 9.17) is 0 Å². The van der Waals surface area contributed by atoms with Gasteiger partial charge in [0.1, 0.15) is 0 Å². The lowest BCUT2D eigenvalue weighted by Gasteiger charge is -2.41. The first kappa shape index (κ1) is 25.4. The average molecular weight is 493 g/mol. The minimum Gasteiger partial charge on any atom is -0.353 e. The van der Waals surface area contributed by atoms with Crippen molar-refractivity contribution < 1.29 is 13.2 Å². The molecule has 0 heterocycles. The van der Waals surface area contributed by atoms with E-state index < -0.39 is 9.84 Å². The molecule has 0 spiro atoms. The Morgan fingerprint density at radius 2 is 1.66 bits per heavy atom. The molecule has 1 amide bonds. The first-order chi connectivity index (χ1) is 16.7. The molecule has 0 radical (unpaired) electrons. The van der Waals surface area contributed by atoms with Crippen LogP contribution in [0.4, 0.5) is 0 Å². The fourth-order valence-electron chi connectivity index (χ4n) is 5.20. The Bertz CT molecular complexity index is 1260. The second-order valence-electron chi connectivity index (χ2n) is 10.1. The Kier molecular flexibility index (Phi) is 7.92. The number of rotatable bonds is 8. The molecular weight excluding hydrogens is 456 g/mol. The van der Waals surface area contributed by atoms with Crippen molar-refractivity contribution in [2.75, 3.05) is 12.8 Å². The Morgan fingerprint density at radius 3 is 2.37 bits per heavy atom. The number of fused-ring (bicyclic) bond motifs is 1. The van der Waals surface area contributed by atoms with Gasteiger partial charge in [0.15, 0.2) is 9.84 Å². The van der Waals surface area contributed by atoms with Gasteiger partial charge in [0.2, 0.25) is 5.91 Å². The van der Waals surface area contributed by atoms with Crippen LogP contribution in [0.3, 0.4) is 0 Å². The molecule has 3 atom stereocenters. The molecule has 0 unspecified atom stereocenters. The van der Waals surface area contributed by atoms with Gasteiger partial charge in [-0.25, -0.2) is 8.42 Å². The number of hydrogen-bond acceptors (Lipinski definition) is 4. The van der Waals surface area contributed by atoms with Gasteiger partial charge in [-0.3, -0.25) is 4.79 Å². The van der Waals surface area contributed by atoms with E-state index in [9.17, 15) is 13.2 Å². The van der Waals surface area contributed by atoms with Crippen LogP contribution in [0.5, 0.6) is 0 Å². The maximum absolute atomic E-state index is 13.2. The van der Waals surface area contributed by atoms with Gasteiger partial charge in [-0.1, -0.05) is 60.7 Å². The maximum Gasteiger partial charge on any atom is 0.224 e. The number of sulfone groups is 1. The van der Waals surface area contributed by atoms with Crippen LogP contribution in [0.25, 0.3) is 10.8 Å². The predicted octanol–water partition coefficient (Wildman–Crippen LogP) is 4.85. The van der Waals surface area contributed by atoms with E-state index in [2.05, 4.69) is 43.2 Å². The summed E-state index contributed by atoms with van der Waals surface area (Å²) in [5.41, 5.74) is 0.961. The van der Waals surface area contributed by atoms with Gasteiger partial charge < -0.3 is 10.2 Å². The second kappa shape index (κ2) is 10.9. The van der Waals surface area contributed by atoms with E-state index >= 15 is 0 Å². The SMILES string of the molecule is CC(C)N(C)[C@@H]1CC[C@H](NC(=O)Cc2ccc3ccccc3c2)[C@H](CS(=O)(=O)c2ccccc2)C1. The standard InChI is InChI=1S/C29H36N2O3S/c1-21(2)31(3)26-15-16-28(25(19-26)20-35(33,34)27-11-5-4-6-12-27)30-29(32)18-22-13-14-23-9-7-8-10-24(23)17-22/h4-14,17,21,25-26,28H,15-16,18-20H2,1-3H3,(H,30,32)/t25-,26+,28-/m0/s1. The zero-order chi connectivity index (χ0) is 25.0. The van der Waals surface area contributed by atoms with Crippen molar-refractivity contribution in [2.45, 2.75) is 62.6 Å². The summed E-state index contributed by atoms with van der Waals surface area (Å²) < 4.78 is 26.5. The van der Waals surface area contributed by atoms with Gasteiger partial charge in [0, 0.05) is 18.1 Å². The molecule has 1 saturated carbocycles. The van der Waals surface area contributed by atoms with E-state index in [1.54, 1.807) is 24.3 Å². The molecule has 0 saturated heterocycles. The molecule has 0 aliphatic heterocycles. The van der Waals surface area contributed by atoms with Crippen LogP contribution in [-0.2, 0) is 21.1 Å². The van der Waals surface area contributed by atoms with Crippen molar-refractivity contribution in [3.05, 3.63) is 78.4 Å². The fourth-order valence-corrected chi connectivity index (χ4v) is 6.90. The number of nitrogens with zero attached hydrogens (tertiary/aromatic N) is 1. The van der Waals surface area contributed by atoms with Gasteiger partial charge in [0.25, 0.3) is 0 Å². The van der Waals surface area contributed by atoms with Gasteiger partial charge in [-0.05, 0) is 74.5 Å². The van der Waals surface area contributed by atoms with Gasteiger partial charge in [-0.2, -0.15) is 0 Å². The lowest BCUT2D eigenvalue weighted by molar-refractivity contribution is -0.121. The highest BCUT2D eigenvalue weighted by molar-refractivity contribution is 7.91. The Hall–Kier alpha value is -2.70. The molecule has 186 valence electrons. The topological polar surface area (TPSA) is 66.5 Å². The second-order valence-corrected chi connectivity index (χ2v) is 12.1. The molecule has 0 bridgehead atoms. The third kappa shape index (κ3) is 6.30. The van der Waals surface area contributed by atoms with Crippen molar-refractivity contribution in [1.29, 1.82) is 0 Å². The summed E-state index contributed by atoms with van der Waals surface area (Å²) in [5.74, 6) is -0.149. The summed E-state index contributed by atoms with van der Waals surface area (Å²) in [6, 6.07) is 23.4. The van der Waals surface area contributed by atoms with Crippen LogP contribution in [0.1, 0.15) is 38.7 Å². The van der Waals surface area contributed by atoms with E-state index in [0.717, 1.165) is 35.6 Å². The quantitative estimate of drug-likeness (QED) is 0.488. The number of amides is 1. The molecule has 1 aliphatic rings. The van der Waals surface area contributed by atoms with E-state index in [-0.39, 0.29) is 30.0 Å². The van der Waals surface area contributed by atoms with Crippen molar-refractivity contribution in [3.63, 3.8) is 0 Å². The van der Waals surface area contributed by atoms with E-state index in [1.807, 2.05) is 36.4 Å². The summed E-state index contributed by atoms with van der Waals surface area (Å²) in [5, 5.41) is 5.47. The maximum atomic E-state index is 13.2. The first-order valence-electron chi connectivity index (χ1n) is 12.5. The van der Waals surface area contributed by atoms with Crippen LogP contribution >= 0.6 is 0 Å². The molecule has 1 fully saturated rings. The molecule has 4 rings (SSSR count). The largest absolute Gasteiger partial charge is 0.353 e. The average Bonchev–Trinajstić information content (AvgIpc) is 2.85. The van der Waals surface area contributed by atoms with Crippen LogP contribution < -0.4 is 5.32 Å². The Balaban J connectivity index is 1.49. The van der Waals surface area contributed by atoms with Gasteiger partial charge in [-0.15, -0.1) is 0 Å². The summed E-state index contributed by atoms with van der Waals surface area (Å²) in [6.45, 7) is 4.32. The lowest BCUT2D eigenvalue weighted by atomic mass is 9.81. The third-order valence-corrected chi connectivity index (χ3v) is 9.26. The number of hydrogen-bond donors (Lipinski definition) is 1. The van der Waals surface area contributed by atoms with Crippen LogP contribution in [0, 0.1) is 5.92 Å². The third-order valence-electron chi connectivity index (χ3n) is 7.41. The highest BCUT2D eigenvalue weighted by Crippen LogP contribution is 2.31. The Labute approximate surface area is 209 Å². The first-order valence-corrected chi connectivity index (χ1v) is 14.1. The minimum absolute atomic E-state index is 0.0420. The summed E-state index contributed by atoms with van der Waals surface area (Å²) >= 11 is 0. The smallest absolute Gasteiger partial charge is 0.224 e. The van der Waals surface area contributed by atoms with Crippen LogP contribution in [-0.4, -0.2) is 50.2 Å². The van der Waals surface area contributed by atoms with Crippen molar-refractivity contribution in [3.8, 4) is 0 Å². The molecule has 6 heteroatoms. The lowest BCUT2D eigenvalue weighted by Crippen LogP contribution is -2.51. The zero-order valence-corrected chi connectivity index (χ0v) is 21.7. The van der Waals surface area contributed by atoms with Gasteiger partial charge in [0.05, 0.1) is 17.1 Å². The summed E-state index contributed by atoms with van der Waals surface area (Å²) in [6.07, 6.45) is 2.76. The normalized spacial score (nSPS) is 20.9. The number of nitrogens with one attached hydrogen (secondary N) is 1. The molecule has 0 aromatic heterocycles. The zero-order valence-electron chi connectivity index (χ0n) is 20.9. The number of carbonyl (C=O) groups excluding carboxylic acids is 1. The molecular formula is C29H36N2O3S. The highest BCUT2D eigenvalue weighted by atomic mass is 32.2. The fraction of sp³-hybridized carbons (Fsp3) is 0.414. The van der Waals surface area contributed by atoms with Gasteiger partial charge >= 0.3 is 0 Å². The van der Waals surface area contributed by atoms with Crippen LogP contribution in [0.2, 0.25) is 0 Å². The molecule has 5 nitrogen and oxygen atoms in total. The number of carbonyl (C=O) groups is 1. The van der Waals surface area contributed by atoms with Crippen molar-refractivity contribution >= 4 is 26.5 Å². The van der Waals surface area contributed by atoms with E-state index in [0.29, 0.717) is 17.0 Å². The monoisotopic (exact) mass is 492 g/mol. The molecule has 3 aromatic carbocycles. The minimum atomic E-state index is -3.45. The number of benzene rings is 3. The Morgan fingerprint density at radius 1 is 0.971 bits per heavy atom. The van der Waals surface area contributed by atoms with E-state index in [1.165, 1.54) is 0 Å². The molecule has 1 aliphatic carbocycles. The summed E-state index contributed by atoms with van der Waals surface area (Å²) in [7, 11) is -1.34. The predicted molar refractivity (Wildman–Crippen MR) is 142 cm³/mol. The van der Waals surface area contributed by atoms with Crippen molar-refractivity contribution in [2.24, 2.45) is 5.92 Å².